The van der Waals surface area contributed by atoms with E-state index in [0.29, 0.717) is 30.1 Å². The number of hydrogen-bond acceptors (Lipinski definition) is 10. The third-order valence-electron chi connectivity index (χ3n) is 3.92. The van der Waals surface area contributed by atoms with Crippen molar-refractivity contribution in [1.29, 1.82) is 0 Å². The lowest BCUT2D eigenvalue weighted by Gasteiger charge is -2.16. The second kappa shape index (κ2) is 7.99. The molecule has 0 spiro atoms. The first kappa shape index (κ1) is 17.9. The van der Waals surface area contributed by atoms with Crippen LogP contribution in [0, 0.1) is 0 Å². The van der Waals surface area contributed by atoms with Gasteiger partial charge in [0.05, 0.1) is 32.8 Å². The minimum absolute atomic E-state index is 0.0352. The number of aliphatic hydroxyl groups excluding tert-OH is 4. The summed E-state index contributed by atoms with van der Waals surface area (Å²) in [6.07, 6.45) is -1.41. The van der Waals surface area contributed by atoms with Gasteiger partial charge >= 0.3 is 0 Å². The number of ether oxygens (including phenoxy) is 2. The molecule has 3 rings (SSSR count). The van der Waals surface area contributed by atoms with Crippen LogP contribution in [-0.2, 0) is 9.47 Å². The normalized spacial score (nSPS) is 26.4. The van der Waals surface area contributed by atoms with E-state index in [1.54, 1.807) is 0 Å². The molecule has 2 aromatic rings. The molecule has 1 aliphatic heterocycles. The Balaban J connectivity index is 1.77. The number of imidazole rings is 1. The van der Waals surface area contributed by atoms with E-state index in [4.69, 9.17) is 14.6 Å². The van der Waals surface area contributed by atoms with Gasteiger partial charge in [-0.3, -0.25) is 4.57 Å². The fraction of sp³-hybridized carbons (Fsp3) is 0.643. The van der Waals surface area contributed by atoms with Crippen molar-refractivity contribution in [3.63, 3.8) is 0 Å². The molecule has 0 aromatic carbocycles. The standard InChI is InChI=1S/C14H21N5O6/c20-2-4-24-3-1-15-12-9-13(17-6-16-12)19(7-18-9)14-11(23)10(22)8(5-21)25-14/h6-8,10-11,14,20-23H,1-5H2,(H,15,16,17)/t8-,10-,11-,14-/m1/s1. The van der Waals surface area contributed by atoms with E-state index in [2.05, 4.69) is 20.3 Å². The van der Waals surface area contributed by atoms with Crippen LogP contribution in [0.15, 0.2) is 12.7 Å². The number of fused-ring (bicyclic) bond motifs is 1. The predicted molar refractivity (Wildman–Crippen MR) is 84.7 cm³/mol. The summed E-state index contributed by atoms with van der Waals surface area (Å²) in [7, 11) is 0. The minimum Gasteiger partial charge on any atom is -0.394 e. The average molecular weight is 355 g/mol. The molecule has 5 N–H and O–H groups in total. The van der Waals surface area contributed by atoms with Gasteiger partial charge in [0.15, 0.2) is 23.2 Å². The van der Waals surface area contributed by atoms with Crippen molar-refractivity contribution in [2.45, 2.75) is 24.5 Å². The van der Waals surface area contributed by atoms with Crippen LogP contribution < -0.4 is 5.32 Å². The van der Waals surface area contributed by atoms with Gasteiger partial charge in [0.1, 0.15) is 24.6 Å². The Bertz CT molecular complexity index is 697. The molecule has 1 saturated heterocycles. The molecular weight excluding hydrogens is 334 g/mol. The molecule has 11 heteroatoms. The molecule has 25 heavy (non-hydrogen) atoms. The number of hydrogen-bond donors (Lipinski definition) is 5. The maximum absolute atomic E-state index is 10.2. The van der Waals surface area contributed by atoms with Crippen molar-refractivity contribution >= 4 is 17.0 Å². The topological polar surface area (TPSA) is 155 Å². The van der Waals surface area contributed by atoms with Crippen molar-refractivity contribution < 1.29 is 29.9 Å². The van der Waals surface area contributed by atoms with Gasteiger partial charge in [0.2, 0.25) is 0 Å². The van der Waals surface area contributed by atoms with Crippen molar-refractivity contribution in [3.05, 3.63) is 12.7 Å². The Morgan fingerprint density at radius 3 is 2.72 bits per heavy atom. The quantitative estimate of drug-likeness (QED) is 0.331. The average Bonchev–Trinajstić information content (AvgIpc) is 3.17. The fourth-order valence-corrected chi connectivity index (χ4v) is 2.69. The zero-order chi connectivity index (χ0) is 17.8. The minimum atomic E-state index is -1.21. The van der Waals surface area contributed by atoms with E-state index in [1.807, 2.05) is 0 Å². The summed E-state index contributed by atoms with van der Waals surface area (Å²) in [5.41, 5.74) is 0.894. The Hall–Kier alpha value is -1.89. The summed E-state index contributed by atoms with van der Waals surface area (Å²) in [6.45, 7) is 0.679. The van der Waals surface area contributed by atoms with Gasteiger partial charge in [0, 0.05) is 6.54 Å². The van der Waals surface area contributed by atoms with E-state index in [-0.39, 0.29) is 13.2 Å². The number of anilines is 1. The molecule has 0 radical (unpaired) electrons. The van der Waals surface area contributed by atoms with Crippen LogP contribution in [0.25, 0.3) is 11.2 Å². The van der Waals surface area contributed by atoms with Crippen LogP contribution in [0.1, 0.15) is 6.23 Å². The Kier molecular flexibility index (Phi) is 5.73. The van der Waals surface area contributed by atoms with Crippen LogP contribution in [0.3, 0.4) is 0 Å². The van der Waals surface area contributed by atoms with Crippen LogP contribution in [-0.4, -0.2) is 91.2 Å². The third-order valence-corrected chi connectivity index (χ3v) is 3.92. The first-order chi connectivity index (χ1) is 12.2. The molecule has 0 bridgehead atoms. The van der Waals surface area contributed by atoms with Crippen molar-refractivity contribution in [1.82, 2.24) is 19.5 Å². The summed E-state index contributed by atoms with van der Waals surface area (Å²) in [6, 6.07) is 0. The van der Waals surface area contributed by atoms with Gasteiger partial charge in [-0.1, -0.05) is 0 Å². The molecule has 4 atom stereocenters. The number of nitrogens with one attached hydrogen (secondary N) is 1. The summed E-state index contributed by atoms with van der Waals surface area (Å²) in [4.78, 5) is 12.5. The van der Waals surface area contributed by atoms with Crippen molar-refractivity contribution in [3.8, 4) is 0 Å². The molecule has 138 valence electrons. The molecule has 0 saturated carbocycles. The molecule has 11 nitrogen and oxygen atoms in total. The zero-order valence-corrected chi connectivity index (χ0v) is 13.4. The van der Waals surface area contributed by atoms with Gasteiger partial charge in [-0.25, -0.2) is 15.0 Å². The van der Waals surface area contributed by atoms with Crippen LogP contribution >= 0.6 is 0 Å². The SMILES string of the molecule is OCCOCCNc1ncnc2c1ncn2[C@@H]1O[C@H](CO)[C@@H](O)[C@H]1O. The molecule has 0 amide bonds. The lowest BCUT2D eigenvalue weighted by atomic mass is 10.1. The van der Waals surface area contributed by atoms with Crippen LogP contribution in [0.5, 0.6) is 0 Å². The maximum atomic E-state index is 10.2. The lowest BCUT2D eigenvalue weighted by Crippen LogP contribution is -2.33. The molecule has 3 heterocycles. The van der Waals surface area contributed by atoms with Gasteiger partial charge in [-0.2, -0.15) is 0 Å². The van der Waals surface area contributed by atoms with E-state index in [9.17, 15) is 15.3 Å². The Morgan fingerprint density at radius 1 is 1.16 bits per heavy atom. The summed E-state index contributed by atoms with van der Waals surface area (Å²) >= 11 is 0. The van der Waals surface area contributed by atoms with Crippen molar-refractivity contribution in [2.75, 3.05) is 38.3 Å². The highest BCUT2D eigenvalue weighted by Gasteiger charge is 2.44. The molecule has 0 unspecified atom stereocenters. The highest BCUT2D eigenvalue weighted by Crippen LogP contribution is 2.31. The smallest absolute Gasteiger partial charge is 0.167 e. The number of aromatic nitrogens is 4. The van der Waals surface area contributed by atoms with E-state index in [1.165, 1.54) is 17.2 Å². The molecule has 0 aliphatic carbocycles. The molecule has 2 aromatic heterocycles. The summed E-state index contributed by atoms with van der Waals surface area (Å²) in [5, 5.41) is 41.0. The van der Waals surface area contributed by atoms with E-state index < -0.39 is 31.1 Å². The van der Waals surface area contributed by atoms with Crippen molar-refractivity contribution in [2.24, 2.45) is 0 Å². The Morgan fingerprint density at radius 2 is 2.00 bits per heavy atom. The van der Waals surface area contributed by atoms with Gasteiger partial charge in [0.25, 0.3) is 0 Å². The highest BCUT2D eigenvalue weighted by molar-refractivity contribution is 5.82. The second-order valence-electron chi connectivity index (χ2n) is 5.54. The number of aliphatic hydroxyl groups is 4. The fourth-order valence-electron chi connectivity index (χ4n) is 2.69. The maximum Gasteiger partial charge on any atom is 0.167 e. The molecular formula is C14H21N5O6. The van der Waals surface area contributed by atoms with Gasteiger partial charge < -0.3 is 35.2 Å². The first-order valence-electron chi connectivity index (χ1n) is 7.89. The van der Waals surface area contributed by atoms with Gasteiger partial charge in [-0.05, 0) is 0 Å². The highest BCUT2D eigenvalue weighted by atomic mass is 16.6. The summed E-state index contributed by atoms with van der Waals surface area (Å²) in [5.74, 6) is 0.489. The van der Waals surface area contributed by atoms with E-state index in [0.717, 1.165) is 0 Å². The zero-order valence-electron chi connectivity index (χ0n) is 13.4. The monoisotopic (exact) mass is 355 g/mol. The van der Waals surface area contributed by atoms with Crippen LogP contribution in [0.4, 0.5) is 5.82 Å². The molecule has 1 aliphatic rings. The lowest BCUT2D eigenvalue weighted by molar-refractivity contribution is -0.0511. The Labute approximate surface area is 142 Å². The number of nitrogens with zero attached hydrogens (tertiary/aromatic N) is 4. The summed E-state index contributed by atoms with van der Waals surface area (Å²) < 4.78 is 12.2. The van der Waals surface area contributed by atoms with E-state index >= 15 is 0 Å². The largest absolute Gasteiger partial charge is 0.394 e. The second-order valence-corrected chi connectivity index (χ2v) is 5.54. The van der Waals surface area contributed by atoms with Gasteiger partial charge in [-0.15, -0.1) is 0 Å². The predicted octanol–water partition coefficient (Wildman–Crippen LogP) is -2.14. The number of rotatable bonds is 8. The third kappa shape index (κ3) is 3.56. The van der Waals surface area contributed by atoms with Crippen LogP contribution in [0.2, 0.25) is 0 Å². The first-order valence-corrected chi connectivity index (χ1v) is 7.89. The molecule has 1 fully saturated rings.